The topological polar surface area (TPSA) is 26.0 Å². The van der Waals surface area contributed by atoms with Gasteiger partial charge in [-0.3, -0.25) is 0 Å². The second-order valence-electron chi connectivity index (χ2n) is 0.408. The minimum Gasteiger partial charge on any atom is -0.327 e. The second kappa shape index (κ2) is 3.82. The Morgan fingerprint density at radius 3 is 2.25 bits per heavy atom. The van der Waals surface area contributed by atoms with Gasteiger partial charge in [-0.2, -0.15) is 0 Å². The van der Waals surface area contributed by atoms with Gasteiger partial charge in [0.2, 0.25) is 0 Å². The van der Waals surface area contributed by atoms with Crippen LogP contribution in [0.15, 0.2) is 0 Å². The molecule has 0 heterocycles. The van der Waals surface area contributed by atoms with Gasteiger partial charge in [0, 0.05) is 6.29 Å². The zero-order valence-electron chi connectivity index (χ0n) is 2.36. The van der Waals surface area contributed by atoms with Crippen molar-refractivity contribution in [3.05, 3.63) is 0 Å². The van der Waals surface area contributed by atoms with Crippen molar-refractivity contribution in [2.75, 3.05) is 6.29 Å². The third-order valence-electron chi connectivity index (χ3n) is 0.118. The van der Waals surface area contributed by atoms with Crippen molar-refractivity contribution in [1.29, 1.82) is 0 Å². The summed E-state index contributed by atoms with van der Waals surface area (Å²) in [5.41, 5.74) is 5.02. The molecule has 0 aromatic rings. The van der Waals surface area contributed by atoms with Gasteiger partial charge in [0.1, 0.15) is 0 Å². The molecule has 0 radical (unpaired) electrons. The van der Waals surface area contributed by atoms with Gasteiger partial charge in [-0.05, 0) is 0 Å². The fraction of sp³-hybridized carbons (Fsp3) is 1.00. The van der Waals surface area contributed by atoms with Crippen LogP contribution in [0.1, 0.15) is 0 Å². The zero-order valence-corrected chi connectivity index (χ0v) is 4.52. The summed E-state index contributed by atoms with van der Waals surface area (Å²) >= 11 is 0. The molecule has 0 fully saturated rings. The molecule has 2 unspecified atom stereocenters. The van der Waals surface area contributed by atoms with Gasteiger partial charge < -0.3 is 5.73 Å². The Balaban J connectivity index is 1.97. The molecule has 2 N–H and O–H groups in total. The zero-order chi connectivity index (χ0) is 3.41. The molecule has 0 saturated heterocycles. The monoisotopic (exact) mass is 95.0 g/mol. The summed E-state index contributed by atoms with van der Waals surface area (Å²) in [5.74, 6) is 0. The van der Waals surface area contributed by atoms with E-state index in [0.717, 1.165) is 14.6 Å². The van der Waals surface area contributed by atoms with E-state index in [1.807, 2.05) is 0 Å². The highest BCUT2D eigenvalue weighted by Gasteiger charge is 1.54. The normalized spacial score (nSPS) is 10.5. The van der Waals surface area contributed by atoms with Crippen molar-refractivity contribution in [2.24, 2.45) is 5.73 Å². The van der Waals surface area contributed by atoms with Crippen LogP contribution in [0.25, 0.3) is 0 Å². The van der Waals surface area contributed by atoms with Crippen LogP contribution in [0, 0.1) is 0 Å². The second-order valence-corrected chi connectivity index (χ2v) is 2.45. The lowest BCUT2D eigenvalue weighted by Gasteiger charge is -1.71. The maximum Gasteiger partial charge on any atom is 0.0134 e. The van der Waals surface area contributed by atoms with Gasteiger partial charge in [-0.25, -0.2) is 0 Å². The van der Waals surface area contributed by atoms with E-state index in [2.05, 4.69) is 8.93 Å². The van der Waals surface area contributed by atoms with Crippen LogP contribution >= 0.6 is 17.2 Å². The highest BCUT2D eigenvalue weighted by Crippen LogP contribution is 2.14. The fourth-order valence-corrected chi connectivity index (χ4v) is 0. The minimum atomic E-state index is 0.810. The van der Waals surface area contributed by atoms with Crippen molar-refractivity contribution in [3.8, 4) is 0 Å². The quantitative estimate of drug-likeness (QED) is 0.468. The fourth-order valence-electron chi connectivity index (χ4n) is 0. The Hall–Kier alpha value is 0.820. The average molecular weight is 95.0 g/mol. The smallest absolute Gasteiger partial charge is 0.0134 e. The highest BCUT2D eigenvalue weighted by molar-refractivity contribution is 8.02. The largest absolute Gasteiger partial charge is 0.327 e. The standard InChI is InChI=1S/CH7NP2/c2-1-4-3/h4H,1-3H2. The molecule has 26 valence electrons. The molecule has 4 heavy (non-hydrogen) atoms. The molecule has 0 amide bonds. The molecule has 3 heteroatoms. The Bertz CT molecular complexity index is 8.00. The third kappa shape index (κ3) is 2.82. The van der Waals surface area contributed by atoms with Gasteiger partial charge in [-0.1, -0.05) is 8.27 Å². The average Bonchev–Trinajstić information content (AvgIpc) is 1.37. The molecule has 2 atom stereocenters. The van der Waals surface area contributed by atoms with E-state index in [0.29, 0.717) is 0 Å². The van der Waals surface area contributed by atoms with Crippen LogP contribution in [0.4, 0.5) is 0 Å². The molecular formula is CH7NP2. The summed E-state index contributed by atoms with van der Waals surface area (Å²) in [5, 5.41) is 0. The number of nitrogens with two attached hydrogens (primary N) is 1. The first-order valence-corrected chi connectivity index (χ1v) is 4.07. The molecule has 0 aromatic carbocycles. The van der Waals surface area contributed by atoms with E-state index < -0.39 is 0 Å². The lowest BCUT2D eigenvalue weighted by atomic mass is 11.6. The SMILES string of the molecule is NCPP. The molecular weight excluding hydrogens is 88.0 g/mol. The third-order valence-corrected chi connectivity index (χ3v) is 1.06. The van der Waals surface area contributed by atoms with Crippen molar-refractivity contribution in [2.45, 2.75) is 0 Å². The molecule has 0 aliphatic carbocycles. The van der Waals surface area contributed by atoms with Crippen molar-refractivity contribution >= 4 is 17.2 Å². The summed E-state index contributed by atoms with van der Waals surface area (Å²) in [6.07, 6.45) is 0.810. The van der Waals surface area contributed by atoms with E-state index in [9.17, 15) is 0 Å². The highest BCUT2D eigenvalue weighted by atomic mass is 32.0. The molecule has 0 aliphatic heterocycles. The summed E-state index contributed by atoms with van der Waals surface area (Å²) < 4.78 is 0. The first-order valence-electron chi connectivity index (χ1n) is 1.05. The predicted octanol–water partition coefficient (Wildman–Crippen LogP) is 0.371. The molecule has 0 rings (SSSR count). The summed E-state index contributed by atoms with van der Waals surface area (Å²) in [6.45, 7) is 0. The maximum atomic E-state index is 5.02. The number of hydrogen-bond donors (Lipinski definition) is 1. The van der Waals surface area contributed by atoms with Crippen molar-refractivity contribution in [1.82, 2.24) is 0 Å². The van der Waals surface area contributed by atoms with Crippen LogP contribution in [-0.2, 0) is 0 Å². The van der Waals surface area contributed by atoms with E-state index in [-0.39, 0.29) is 0 Å². The molecule has 0 bridgehead atoms. The van der Waals surface area contributed by atoms with E-state index >= 15 is 0 Å². The number of rotatable bonds is 1. The first-order chi connectivity index (χ1) is 1.91. The lowest BCUT2D eigenvalue weighted by molar-refractivity contribution is 1.40. The summed E-state index contributed by atoms with van der Waals surface area (Å²) in [4.78, 5) is 0. The predicted molar refractivity (Wildman–Crippen MR) is 27.1 cm³/mol. The van der Waals surface area contributed by atoms with Gasteiger partial charge in [-0.15, -0.1) is 8.93 Å². The van der Waals surface area contributed by atoms with Crippen LogP contribution in [0.2, 0.25) is 0 Å². The van der Waals surface area contributed by atoms with E-state index in [1.165, 1.54) is 0 Å². The Kier molecular flexibility index (Phi) is 4.60. The summed E-state index contributed by atoms with van der Waals surface area (Å²) in [7, 11) is 3.39. The number of hydrogen-bond acceptors (Lipinski definition) is 1. The Morgan fingerprint density at radius 2 is 2.25 bits per heavy atom. The van der Waals surface area contributed by atoms with Crippen LogP contribution in [0.5, 0.6) is 0 Å². The first kappa shape index (κ1) is 4.82. The molecule has 0 aromatic heterocycles. The van der Waals surface area contributed by atoms with Crippen LogP contribution < -0.4 is 5.73 Å². The maximum absolute atomic E-state index is 5.02. The summed E-state index contributed by atoms with van der Waals surface area (Å²) in [6, 6.07) is 0. The molecule has 0 spiro atoms. The van der Waals surface area contributed by atoms with Gasteiger partial charge in [0.05, 0.1) is 0 Å². The molecule has 1 nitrogen and oxygen atoms in total. The molecule has 0 saturated carbocycles. The van der Waals surface area contributed by atoms with E-state index in [4.69, 9.17) is 5.73 Å². The Labute approximate surface area is 30.2 Å². The van der Waals surface area contributed by atoms with Crippen LogP contribution in [0.3, 0.4) is 0 Å². The van der Waals surface area contributed by atoms with Crippen molar-refractivity contribution < 1.29 is 0 Å². The van der Waals surface area contributed by atoms with E-state index in [1.54, 1.807) is 0 Å². The minimum absolute atomic E-state index is 0.810. The van der Waals surface area contributed by atoms with Gasteiger partial charge in [0.25, 0.3) is 0 Å². The van der Waals surface area contributed by atoms with Crippen LogP contribution in [-0.4, -0.2) is 6.29 Å². The van der Waals surface area contributed by atoms with Gasteiger partial charge >= 0.3 is 0 Å². The Morgan fingerprint density at radius 1 is 2.00 bits per heavy atom. The lowest BCUT2D eigenvalue weighted by Crippen LogP contribution is -1.84. The molecule has 0 aliphatic rings. The van der Waals surface area contributed by atoms with Gasteiger partial charge in [0.15, 0.2) is 0 Å². The van der Waals surface area contributed by atoms with Crippen molar-refractivity contribution in [3.63, 3.8) is 0 Å².